The maximum Gasteiger partial charge on any atom is 0.229 e. The second kappa shape index (κ2) is 10.1. The van der Waals surface area contributed by atoms with E-state index in [0.29, 0.717) is 28.5 Å². The Hall–Kier alpha value is -3.23. The van der Waals surface area contributed by atoms with Crippen LogP contribution in [0.25, 0.3) is 0 Å². The summed E-state index contributed by atoms with van der Waals surface area (Å²) in [7, 11) is 5.97. The summed E-state index contributed by atoms with van der Waals surface area (Å²) in [4.78, 5) is 13.6. The summed E-state index contributed by atoms with van der Waals surface area (Å²) in [5.74, 6) is 1.59. The first-order chi connectivity index (χ1) is 15.9. The Morgan fingerprint density at radius 3 is 2.55 bits per heavy atom. The van der Waals surface area contributed by atoms with Crippen LogP contribution in [-0.4, -0.2) is 55.2 Å². The normalized spacial score (nSPS) is 14.4. The minimum Gasteiger partial charge on any atom is -0.494 e. The van der Waals surface area contributed by atoms with Crippen LogP contribution in [0, 0.1) is 0 Å². The third-order valence-electron chi connectivity index (χ3n) is 5.95. The van der Waals surface area contributed by atoms with E-state index < -0.39 is 0 Å². The zero-order chi connectivity index (χ0) is 23.4. The second-order valence-corrected chi connectivity index (χ2v) is 8.70. The number of nitrogen functional groups attached to an aromatic ring is 1. The minimum atomic E-state index is 0.396. The van der Waals surface area contributed by atoms with Crippen LogP contribution in [0.4, 0.5) is 34.5 Å². The molecule has 9 heteroatoms. The first-order valence-corrected chi connectivity index (χ1v) is 11.3. The van der Waals surface area contributed by atoms with Gasteiger partial charge in [-0.15, -0.1) is 0 Å². The molecule has 1 saturated heterocycles. The number of methoxy groups -OCH3 is 1. The van der Waals surface area contributed by atoms with Crippen LogP contribution in [0.2, 0.25) is 5.02 Å². The van der Waals surface area contributed by atoms with Gasteiger partial charge in [0.15, 0.2) is 5.82 Å². The van der Waals surface area contributed by atoms with Crippen molar-refractivity contribution in [3.05, 3.63) is 53.7 Å². The highest BCUT2D eigenvalue weighted by molar-refractivity contribution is 6.33. The number of rotatable bonds is 7. The number of nitrogens with zero attached hydrogens (tertiary/aromatic N) is 4. The van der Waals surface area contributed by atoms with E-state index in [1.807, 2.05) is 30.3 Å². The molecule has 0 spiro atoms. The number of nitrogens with two attached hydrogens (primary N) is 1. The summed E-state index contributed by atoms with van der Waals surface area (Å²) in [6, 6.07) is 14.2. The zero-order valence-corrected chi connectivity index (χ0v) is 19.9. The van der Waals surface area contributed by atoms with E-state index in [0.717, 1.165) is 48.7 Å². The third kappa shape index (κ3) is 5.40. The highest BCUT2D eigenvalue weighted by atomic mass is 35.5. The molecule has 1 aliphatic rings. The van der Waals surface area contributed by atoms with Crippen molar-refractivity contribution in [3.63, 3.8) is 0 Å². The van der Waals surface area contributed by atoms with Gasteiger partial charge in [-0.3, -0.25) is 0 Å². The fraction of sp³-hybridized carbons (Fsp3) is 0.333. The van der Waals surface area contributed by atoms with Crippen molar-refractivity contribution in [2.24, 2.45) is 0 Å². The summed E-state index contributed by atoms with van der Waals surface area (Å²) in [6.45, 7) is 2.05. The van der Waals surface area contributed by atoms with E-state index in [2.05, 4.69) is 56.6 Å². The fourth-order valence-electron chi connectivity index (χ4n) is 3.99. The number of hydrogen-bond acceptors (Lipinski definition) is 8. The van der Waals surface area contributed by atoms with Crippen LogP contribution in [0.15, 0.2) is 48.7 Å². The van der Waals surface area contributed by atoms with Crippen molar-refractivity contribution in [2.45, 2.75) is 18.9 Å². The molecule has 0 unspecified atom stereocenters. The van der Waals surface area contributed by atoms with Gasteiger partial charge in [0.05, 0.1) is 30.4 Å². The molecule has 1 fully saturated rings. The lowest BCUT2D eigenvalue weighted by atomic mass is 10.0. The van der Waals surface area contributed by atoms with Crippen LogP contribution in [0.1, 0.15) is 12.8 Å². The zero-order valence-electron chi connectivity index (χ0n) is 19.2. The number of piperidine rings is 1. The molecule has 8 nitrogen and oxygen atoms in total. The Kier molecular flexibility index (Phi) is 7.05. The largest absolute Gasteiger partial charge is 0.494 e. The van der Waals surface area contributed by atoms with E-state index in [1.54, 1.807) is 13.3 Å². The van der Waals surface area contributed by atoms with Gasteiger partial charge < -0.3 is 30.9 Å². The topological polar surface area (TPSA) is 91.6 Å². The quantitative estimate of drug-likeness (QED) is 0.429. The number of para-hydroxylation sites is 2. The van der Waals surface area contributed by atoms with E-state index in [4.69, 9.17) is 22.1 Å². The van der Waals surface area contributed by atoms with Crippen LogP contribution in [-0.2, 0) is 0 Å². The van der Waals surface area contributed by atoms with Crippen LogP contribution in [0.5, 0.6) is 5.75 Å². The first-order valence-electron chi connectivity index (χ1n) is 10.9. The Balaban J connectivity index is 1.50. The molecule has 2 heterocycles. The monoisotopic (exact) mass is 467 g/mol. The van der Waals surface area contributed by atoms with Crippen molar-refractivity contribution in [2.75, 3.05) is 55.6 Å². The summed E-state index contributed by atoms with van der Waals surface area (Å²) in [5.41, 5.74) is 9.28. The molecular formula is C24H30ClN7O. The minimum absolute atomic E-state index is 0.396. The molecule has 174 valence electrons. The standard InChI is InChI=1S/C24H30ClN7O/c1-31(2)16-10-12-32(13-11-16)17-8-9-21(22(14-17)33-3)29-24-27-15-18(25)23(30-24)28-20-7-5-4-6-19(20)26/h4-9,14-16H,10-13,26H2,1-3H3,(H2,27,28,29,30). The molecule has 0 atom stereocenters. The maximum absolute atomic E-state index is 6.31. The number of hydrogen-bond donors (Lipinski definition) is 3. The van der Waals surface area contributed by atoms with Crippen LogP contribution >= 0.6 is 11.6 Å². The van der Waals surface area contributed by atoms with Crippen LogP contribution in [0.3, 0.4) is 0 Å². The lowest BCUT2D eigenvalue weighted by Crippen LogP contribution is -2.41. The summed E-state index contributed by atoms with van der Waals surface area (Å²) >= 11 is 6.31. The summed E-state index contributed by atoms with van der Waals surface area (Å²) < 4.78 is 5.66. The van der Waals surface area contributed by atoms with Gasteiger partial charge in [0.2, 0.25) is 5.95 Å². The van der Waals surface area contributed by atoms with E-state index in [1.165, 1.54) is 0 Å². The van der Waals surface area contributed by atoms with Crippen molar-refractivity contribution >= 4 is 46.1 Å². The average molecular weight is 468 g/mol. The van der Waals surface area contributed by atoms with Crippen molar-refractivity contribution in [1.29, 1.82) is 0 Å². The number of halogens is 1. The van der Waals surface area contributed by atoms with Gasteiger partial charge in [-0.05, 0) is 51.2 Å². The van der Waals surface area contributed by atoms with Crippen molar-refractivity contribution < 1.29 is 4.74 Å². The van der Waals surface area contributed by atoms with E-state index in [-0.39, 0.29) is 0 Å². The number of benzene rings is 2. The lowest BCUT2D eigenvalue weighted by Gasteiger charge is -2.36. The van der Waals surface area contributed by atoms with Crippen LogP contribution < -0.4 is 26.0 Å². The van der Waals surface area contributed by atoms with E-state index >= 15 is 0 Å². The molecule has 0 radical (unpaired) electrons. The lowest BCUT2D eigenvalue weighted by molar-refractivity contribution is 0.249. The van der Waals surface area contributed by atoms with Gasteiger partial charge >= 0.3 is 0 Å². The van der Waals surface area contributed by atoms with Gasteiger partial charge in [0.25, 0.3) is 0 Å². The van der Waals surface area contributed by atoms with Crippen molar-refractivity contribution in [1.82, 2.24) is 14.9 Å². The van der Waals surface area contributed by atoms with E-state index in [9.17, 15) is 0 Å². The molecule has 0 amide bonds. The van der Waals surface area contributed by atoms with Gasteiger partial charge in [0, 0.05) is 30.9 Å². The number of ether oxygens (including phenoxy) is 1. The second-order valence-electron chi connectivity index (χ2n) is 8.29. The molecule has 1 aromatic heterocycles. The Morgan fingerprint density at radius 1 is 1.09 bits per heavy atom. The first kappa shape index (κ1) is 22.9. The predicted molar refractivity (Wildman–Crippen MR) is 136 cm³/mol. The average Bonchev–Trinajstić information content (AvgIpc) is 2.83. The Labute approximate surface area is 199 Å². The number of aromatic nitrogens is 2. The number of nitrogens with one attached hydrogen (secondary N) is 2. The Morgan fingerprint density at radius 2 is 1.85 bits per heavy atom. The van der Waals surface area contributed by atoms with Crippen molar-refractivity contribution in [3.8, 4) is 5.75 Å². The molecule has 1 aliphatic heterocycles. The third-order valence-corrected chi connectivity index (χ3v) is 6.23. The Bertz CT molecular complexity index is 1100. The molecule has 0 bridgehead atoms. The molecule has 3 aromatic rings. The fourth-order valence-corrected chi connectivity index (χ4v) is 4.13. The molecule has 0 saturated carbocycles. The number of anilines is 6. The molecule has 33 heavy (non-hydrogen) atoms. The molecule has 4 rings (SSSR count). The van der Waals surface area contributed by atoms with Gasteiger partial charge in [-0.2, -0.15) is 4.98 Å². The summed E-state index contributed by atoms with van der Waals surface area (Å²) in [6.07, 6.45) is 3.85. The van der Waals surface area contributed by atoms with Gasteiger partial charge in [-0.25, -0.2) is 4.98 Å². The molecular weight excluding hydrogens is 438 g/mol. The highest BCUT2D eigenvalue weighted by Crippen LogP contribution is 2.34. The van der Waals surface area contributed by atoms with Gasteiger partial charge in [0.1, 0.15) is 10.8 Å². The SMILES string of the molecule is COc1cc(N2CCC(N(C)C)CC2)ccc1Nc1ncc(Cl)c(Nc2ccccc2N)n1. The molecule has 4 N–H and O–H groups in total. The van der Waals surface area contributed by atoms with Gasteiger partial charge in [-0.1, -0.05) is 23.7 Å². The maximum atomic E-state index is 6.31. The molecule has 2 aromatic carbocycles. The highest BCUT2D eigenvalue weighted by Gasteiger charge is 2.21. The predicted octanol–water partition coefficient (Wildman–Crippen LogP) is 4.74. The summed E-state index contributed by atoms with van der Waals surface area (Å²) in [5, 5.41) is 6.81. The molecule has 0 aliphatic carbocycles. The smallest absolute Gasteiger partial charge is 0.229 e.